The van der Waals surface area contributed by atoms with Crippen molar-refractivity contribution < 1.29 is 28.9 Å². The van der Waals surface area contributed by atoms with Gasteiger partial charge in [-0.3, -0.25) is 4.79 Å². The molecule has 0 saturated carbocycles. The van der Waals surface area contributed by atoms with Gasteiger partial charge >= 0.3 is 5.97 Å². The van der Waals surface area contributed by atoms with Gasteiger partial charge in [0.15, 0.2) is 5.16 Å². The summed E-state index contributed by atoms with van der Waals surface area (Å²) < 4.78 is 16.5. The maximum absolute atomic E-state index is 12.5. The van der Waals surface area contributed by atoms with Gasteiger partial charge in [0.2, 0.25) is 11.8 Å². The Kier molecular flexibility index (Phi) is 7.56. The van der Waals surface area contributed by atoms with E-state index in [1.807, 2.05) is 19.1 Å². The second-order valence-electron chi connectivity index (χ2n) is 6.81. The zero-order valence-corrected chi connectivity index (χ0v) is 18.5. The largest absolute Gasteiger partial charge is 0.497 e. The number of carboxylic acid groups (broad SMARTS) is 1. The van der Waals surface area contributed by atoms with Crippen molar-refractivity contribution in [3.63, 3.8) is 0 Å². The van der Waals surface area contributed by atoms with Crippen molar-refractivity contribution in [3.8, 4) is 17.4 Å². The molecule has 1 saturated heterocycles. The van der Waals surface area contributed by atoms with Crippen LogP contribution >= 0.6 is 11.8 Å². The minimum Gasteiger partial charge on any atom is -0.497 e. The van der Waals surface area contributed by atoms with Gasteiger partial charge in [0, 0.05) is 30.8 Å². The second kappa shape index (κ2) is 10.3. The molecule has 3 rings (SSSR count). The first-order valence-electron chi connectivity index (χ1n) is 9.83. The average Bonchev–Trinajstić information content (AvgIpc) is 3.12. The van der Waals surface area contributed by atoms with Crippen LogP contribution in [0.5, 0.6) is 17.4 Å². The van der Waals surface area contributed by atoms with Crippen molar-refractivity contribution in [1.29, 1.82) is 0 Å². The van der Waals surface area contributed by atoms with Gasteiger partial charge < -0.3 is 24.2 Å². The Hall–Kier alpha value is -3.01. The number of nitrogens with zero attached hydrogens (tertiary/aromatic N) is 3. The number of thioether (sulfide) groups is 1. The Bertz CT molecular complexity index is 955. The summed E-state index contributed by atoms with van der Waals surface area (Å²) in [6, 6.07) is 5.24. The lowest BCUT2D eigenvalue weighted by atomic mass is 10.1. The number of hydrogen-bond acceptors (Lipinski definition) is 8. The molecule has 1 fully saturated rings. The number of hydrogen-bond donors (Lipinski definition) is 1. The summed E-state index contributed by atoms with van der Waals surface area (Å²) >= 11 is 1.39. The third-order valence-electron chi connectivity index (χ3n) is 4.94. The fourth-order valence-electron chi connectivity index (χ4n) is 3.33. The predicted molar refractivity (Wildman–Crippen MR) is 114 cm³/mol. The molecular weight excluding hydrogens is 422 g/mol. The van der Waals surface area contributed by atoms with Gasteiger partial charge in [-0.25, -0.2) is 9.78 Å². The molecule has 1 N–H and O–H groups in total. The van der Waals surface area contributed by atoms with Gasteiger partial charge in [-0.05, 0) is 24.3 Å². The van der Waals surface area contributed by atoms with Crippen LogP contribution in [0.25, 0.3) is 0 Å². The molecule has 0 aliphatic carbocycles. The average molecular weight is 448 g/mol. The van der Waals surface area contributed by atoms with Gasteiger partial charge in [-0.15, -0.1) is 0 Å². The lowest BCUT2D eigenvalue weighted by Crippen LogP contribution is -2.36. The van der Waals surface area contributed by atoms with Crippen LogP contribution in [0, 0.1) is 0 Å². The van der Waals surface area contributed by atoms with Gasteiger partial charge in [0.05, 0.1) is 20.3 Å². The van der Waals surface area contributed by atoms with E-state index in [1.54, 1.807) is 25.2 Å². The lowest BCUT2D eigenvalue weighted by molar-refractivity contribution is -0.129. The van der Waals surface area contributed by atoms with Crippen molar-refractivity contribution in [2.45, 2.75) is 37.5 Å². The smallest absolute Gasteiger partial charge is 0.342 e. The minimum absolute atomic E-state index is 0.00912. The number of rotatable bonds is 10. The molecule has 0 unspecified atom stereocenters. The van der Waals surface area contributed by atoms with E-state index in [4.69, 9.17) is 14.2 Å². The molecule has 1 aromatic heterocycles. The molecule has 1 amide bonds. The molecule has 2 aromatic rings. The van der Waals surface area contributed by atoms with Crippen LogP contribution in [0.2, 0.25) is 0 Å². The first kappa shape index (κ1) is 22.7. The van der Waals surface area contributed by atoms with Crippen LogP contribution in [-0.4, -0.2) is 64.5 Å². The van der Waals surface area contributed by atoms with E-state index < -0.39 is 5.97 Å². The third-order valence-corrected chi connectivity index (χ3v) is 5.68. The van der Waals surface area contributed by atoms with E-state index in [0.717, 1.165) is 11.3 Å². The van der Waals surface area contributed by atoms with Gasteiger partial charge in [0.25, 0.3) is 0 Å². The Morgan fingerprint density at radius 1 is 1.32 bits per heavy atom. The van der Waals surface area contributed by atoms with Crippen molar-refractivity contribution in [2.75, 3.05) is 26.6 Å². The number of likely N-dealkylation sites (tertiary alicyclic amines) is 1. The van der Waals surface area contributed by atoms with E-state index >= 15 is 0 Å². The molecule has 0 radical (unpaired) electrons. The van der Waals surface area contributed by atoms with E-state index in [2.05, 4.69) is 9.97 Å². The molecule has 166 valence electrons. The highest BCUT2D eigenvalue weighted by Gasteiger charge is 2.32. The second-order valence-corrected chi connectivity index (χ2v) is 8.04. The highest BCUT2D eigenvalue weighted by atomic mass is 32.2. The number of carbonyl (C=O) groups excluding carboxylic acids is 1. The first-order valence-corrected chi connectivity index (χ1v) is 10.8. The molecular formula is C21H25N3O6S. The van der Waals surface area contributed by atoms with Crippen LogP contribution in [0.1, 0.15) is 35.7 Å². The Morgan fingerprint density at radius 2 is 2.13 bits per heavy atom. The summed E-state index contributed by atoms with van der Waals surface area (Å²) in [5.74, 6) is 0.906. The summed E-state index contributed by atoms with van der Waals surface area (Å²) in [5.41, 5.74) is 0.742. The number of amides is 1. The lowest BCUT2D eigenvalue weighted by Gasteiger charge is -2.26. The molecule has 1 aliphatic heterocycles. The third kappa shape index (κ3) is 5.38. The minimum atomic E-state index is -1.16. The Balaban J connectivity index is 1.76. The molecule has 9 nitrogen and oxygen atoms in total. The van der Waals surface area contributed by atoms with Crippen molar-refractivity contribution >= 4 is 23.6 Å². The molecule has 0 spiro atoms. The molecule has 10 heteroatoms. The maximum Gasteiger partial charge on any atom is 0.342 e. The summed E-state index contributed by atoms with van der Waals surface area (Å²) in [6.45, 7) is 2.44. The fraction of sp³-hybridized carbons (Fsp3) is 0.429. The van der Waals surface area contributed by atoms with Crippen LogP contribution in [-0.2, 0) is 11.3 Å². The maximum atomic E-state index is 12.5. The molecule has 1 atom stereocenters. The number of ether oxygens (including phenoxy) is 3. The topological polar surface area (TPSA) is 111 Å². The van der Waals surface area contributed by atoms with Crippen molar-refractivity contribution in [2.24, 2.45) is 0 Å². The van der Waals surface area contributed by atoms with Crippen molar-refractivity contribution in [1.82, 2.24) is 14.9 Å². The standard InChI is InChI=1S/C21H25N3O6S/c1-4-31-21-22-10-16(20(26)27)19(23-21)30-12-14-6-8-18(25)24(14)11-13-5-7-15(28-2)9-17(13)29-3/h5,7,9-10,14H,4,6,8,11-12H2,1-3H3,(H,26,27)/t14-/m0/s1. The molecule has 2 heterocycles. The number of carbonyl (C=O) groups is 2. The van der Waals surface area contributed by atoms with E-state index in [-0.39, 0.29) is 30.0 Å². The zero-order valence-electron chi connectivity index (χ0n) is 17.7. The van der Waals surface area contributed by atoms with E-state index in [1.165, 1.54) is 18.0 Å². The van der Waals surface area contributed by atoms with Crippen LogP contribution in [0.4, 0.5) is 0 Å². The number of benzene rings is 1. The highest BCUT2D eigenvalue weighted by molar-refractivity contribution is 7.99. The number of carboxylic acids is 1. The van der Waals surface area contributed by atoms with Crippen LogP contribution in [0.3, 0.4) is 0 Å². The Labute approximate surface area is 184 Å². The number of aromatic nitrogens is 2. The van der Waals surface area contributed by atoms with E-state index in [0.29, 0.717) is 36.0 Å². The quantitative estimate of drug-likeness (QED) is 0.434. The zero-order chi connectivity index (χ0) is 22.4. The Morgan fingerprint density at radius 3 is 2.81 bits per heavy atom. The van der Waals surface area contributed by atoms with Gasteiger partial charge in [-0.1, -0.05) is 18.7 Å². The molecule has 0 bridgehead atoms. The number of methoxy groups -OCH3 is 2. The number of aromatic carboxylic acids is 1. The molecule has 31 heavy (non-hydrogen) atoms. The summed E-state index contributed by atoms with van der Waals surface area (Å²) in [5, 5.41) is 9.86. The van der Waals surface area contributed by atoms with Gasteiger partial charge in [-0.2, -0.15) is 4.98 Å². The summed E-state index contributed by atoms with van der Waals surface area (Å²) in [4.78, 5) is 34.0. The molecule has 1 aromatic carbocycles. The van der Waals surface area contributed by atoms with E-state index in [9.17, 15) is 14.7 Å². The van der Waals surface area contributed by atoms with Crippen LogP contribution < -0.4 is 14.2 Å². The van der Waals surface area contributed by atoms with Crippen molar-refractivity contribution in [3.05, 3.63) is 35.5 Å². The monoisotopic (exact) mass is 447 g/mol. The predicted octanol–water partition coefficient (Wildman–Crippen LogP) is 2.87. The summed E-state index contributed by atoms with van der Waals surface area (Å²) in [6.07, 6.45) is 2.27. The van der Waals surface area contributed by atoms with Crippen LogP contribution in [0.15, 0.2) is 29.6 Å². The molecule has 1 aliphatic rings. The SMILES string of the molecule is CCSc1ncc(C(=O)O)c(OC[C@@H]2CCC(=O)N2Cc2ccc(OC)cc2OC)n1. The normalized spacial score (nSPS) is 15.8. The van der Waals surface area contributed by atoms with Gasteiger partial charge in [0.1, 0.15) is 23.7 Å². The summed E-state index contributed by atoms with van der Waals surface area (Å²) in [7, 11) is 3.15. The first-order chi connectivity index (χ1) is 15.0. The fourth-order valence-corrected chi connectivity index (χ4v) is 3.86. The highest BCUT2D eigenvalue weighted by Crippen LogP contribution is 2.29.